The number of hydrogen-bond acceptors (Lipinski definition) is 5. The van der Waals surface area contributed by atoms with Gasteiger partial charge in [0.1, 0.15) is 5.75 Å². The van der Waals surface area contributed by atoms with Gasteiger partial charge in [-0.1, -0.05) is 12.1 Å². The normalized spacial score (nSPS) is 15.5. The van der Waals surface area contributed by atoms with Crippen molar-refractivity contribution in [3.8, 4) is 5.75 Å². The molecule has 1 aliphatic heterocycles. The lowest BCUT2D eigenvalue weighted by molar-refractivity contribution is -0.148. The van der Waals surface area contributed by atoms with E-state index in [1.54, 1.807) is 24.2 Å². The van der Waals surface area contributed by atoms with Crippen LogP contribution in [-0.4, -0.2) is 50.9 Å². The van der Waals surface area contributed by atoms with Gasteiger partial charge >= 0.3 is 5.97 Å². The summed E-state index contributed by atoms with van der Waals surface area (Å²) in [7, 11) is 2.96. The van der Waals surface area contributed by atoms with E-state index in [1.807, 2.05) is 24.3 Å². The fourth-order valence-electron chi connectivity index (χ4n) is 2.58. The molecular formula is C18H23NO5. The molecule has 6 nitrogen and oxygen atoms in total. The third-order valence-corrected chi connectivity index (χ3v) is 3.98. The van der Waals surface area contributed by atoms with Crippen molar-refractivity contribution in [1.82, 2.24) is 4.90 Å². The van der Waals surface area contributed by atoms with E-state index in [4.69, 9.17) is 14.2 Å². The van der Waals surface area contributed by atoms with Crippen molar-refractivity contribution >= 4 is 18.0 Å². The molecule has 0 unspecified atom stereocenters. The first-order valence-electron chi connectivity index (χ1n) is 7.90. The van der Waals surface area contributed by atoms with Gasteiger partial charge in [0.15, 0.2) is 6.79 Å². The molecule has 0 bridgehead atoms. The quantitative estimate of drug-likeness (QED) is 0.453. The summed E-state index contributed by atoms with van der Waals surface area (Å²) in [6.07, 6.45) is 4.63. The number of esters is 1. The van der Waals surface area contributed by atoms with Crippen molar-refractivity contribution < 1.29 is 23.8 Å². The molecule has 1 saturated heterocycles. The molecule has 2 rings (SSSR count). The van der Waals surface area contributed by atoms with E-state index in [0.717, 1.165) is 5.56 Å². The van der Waals surface area contributed by atoms with E-state index in [2.05, 4.69) is 0 Å². The molecule has 0 N–H and O–H groups in total. The number of ether oxygens (including phenoxy) is 3. The van der Waals surface area contributed by atoms with Gasteiger partial charge in [0.2, 0.25) is 5.91 Å². The molecule has 24 heavy (non-hydrogen) atoms. The number of hydrogen-bond donors (Lipinski definition) is 0. The molecule has 0 atom stereocenters. The Morgan fingerprint density at radius 1 is 1.17 bits per heavy atom. The first-order valence-corrected chi connectivity index (χ1v) is 7.90. The van der Waals surface area contributed by atoms with Crippen LogP contribution >= 0.6 is 0 Å². The Balaban J connectivity index is 1.83. The number of carbonyl (C=O) groups excluding carboxylic acids is 2. The van der Waals surface area contributed by atoms with E-state index in [0.29, 0.717) is 31.7 Å². The summed E-state index contributed by atoms with van der Waals surface area (Å²) in [5.74, 6) is 0.388. The fourth-order valence-corrected chi connectivity index (χ4v) is 2.58. The van der Waals surface area contributed by atoms with E-state index >= 15 is 0 Å². The van der Waals surface area contributed by atoms with E-state index in [-0.39, 0.29) is 24.6 Å². The summed E-state index contributed by atoms with van der Waals surface area (Å²) in [6.45, 7) is 1.36. The molecule has 0 saturated carbocycles. The predicted molar refractivity (Wildman–Crippen MR) is 89.3 cm³/mol. The predicted octanol–water partition coefficient (Wildman–Crippen LogP) is 2.09. The number of nitrogens with zero attached hydrogens (tertiary/aromatic N) is 1. The van der Waals surface area contributed by atoms with Crippen molar-refractivity contribution in [1.29, 1.82) is 0 Å². The van der Waals surface area contributed by atoms with Crippen LogP contribution in [-0.2, 0) is 19.1 Å². The van der Waals surface area contributed by atoms with Crippen LogP contribution in [0.4, 0.5) is 0 Å². The van der Waals surface area contributed by atoms with Crippen LogP contribution in [0.15, 0.2) is 30.3 Å². The molecule has 1 aromatic carbocycles. The first kappa shape index (κ1) is 18.0. The second-order valence-corrected chi connectivity index (χ2v) is 5.58. The number of benzene rings is 1. The van der Waals surface area contributed by atoms with Gasteiger partial charge in [0, 0.05) is 26.3 Å². The zero-order valence-corrected chi connectivity index (χ0v) is 14.1. The van der Waals surface area contributed by atoms with E-state index in [1.165, 1.54) is 7.11 Å². The topological polar surface area (TPSA) is 65.1 Å². The molecule has 0 aliphatic carbocycles. The maximum absolute atomic E-state index is 12.2. The molecule has 1 aliphatic rings. The Morgan fingerprint density at radius 2 is 1.83 bits per heavy atom. The highest BCUT2D eigenvalue weighted by Gasteiger charge is 2.26. The highest BCUT2D eigenvalue weighted by molar-refractivity contribution is 5.92. The molecule has 0 spiro atoms. The average molecular weight is 333 g/mol. The van der Waals surface area contributed by atoms with Gasteiger partial charge in [-0.2, -0.15) is 0 Å². The van der Waals surface area contributed by atoms with Crippen LogP contribution in [0.1, 0.15) is 18.4 Å². The average Bonchev–Trinajstić information content (AvgIpc) is 2.64. The zero-order valence-electron chi connectivity index (χ0n) is 14.1. The monoisotopic (exact) mass is 333 g/mol. The molecule has 0 radical (unpaired) electrons. The Hall–Kier alpha value is -2.34. The van der Waals surface area contributed by atoms with Crippen molar-refractivity contribution in [2.75, 3.05) is 34.1 Å². The second kappa shape index (κ2) is 9.08. The maximum atomic E-state index is 12.2. The molecule has 1 aromatic rings. The molecule has 0 aromatic heterocycles. The Morgan fingerprint density at radius 3 is 2.42 bits per heavy atom. The summed E-state index contributed by atoms with van der Waals surface area (Å²) in [6, 6.07) is 7.40. The largest absolute Gasteiger partial charge is 0.469 e. The summed E-state index contributed by atoms with van der Waals surface area (Å²) >= 11 is 0. The minimum atomic E-state index is -0.187. The number of rotatable bonds is 6. The minimum Gasteiger partial charge on any atom is -0.469 e. The molecule has 1 amide bonds. The van der Waals surface area contributed by atoms with Gasteiger partial charge < -0.3 is 19.1 Å². The number of amides is 1. The molecule has 130 valence electrons. The number of piperidine rings is 1. The summed E-state index contributed by atoms with van der Waals surface area (Å²) in [5, 5.41) is 0. The Kier molecular flexibility index (Phi) is 6.81. The zero-order chi connectivity index (χ0) is 17.4. The SMILES string of the molecule is COCOc1ccc(/C=C/C(=O)N2CCC(C(=O)OC)CC2)cc1. The highest BCUT2D eigenvalue weighted by Crippen LogP contribution is 2.19. The number of carbonyl (C=O) groups is 2. The van der Waals surface area contributed by atoms with Gasteiger partial charge in [0.25, 0.3) is 0 Å². The third kappa shape index (κ3) is 5.09. The fraction of sp³-hybridized carbons (Fsp3) is 0.444. The summed E-state index contributed by atoms with van der Waals surface area (Å²) in [5.41, 5.74) is 0.914. The van der Waals surface area contributed by atoms with E-state index < -0.39 is 0 Å². The molecule has 1 fully saturated rings. The first-order chi connectivity index (χ1) is 11.6. The van der Waals surface area contributed by atoms with Gasteiger partial charge in [-0.15, -0.1) is 0 Å². The molecule has 6 heteroatoms. The van der Waals surface area contributed by atoms with Crippen LogP contribution in [0.3, 0.4) is 0 Å². The second-order valence-electron chi connectivity index (χ2n) is 5.58. The van der Waals surface area contributed by atoms with Gasteiger partial charge in [-0.25, -0.2) is 0 Å². The number of methoxy groups -OCH3 is 2. The van der Waals surface area contributed by atoms with Crippen molar-refractivity contribution in [2.24, 2.45) is 5.92 Å². The standard InChI is InChI=1S/C18H23NO5/c1-22-13-24-16-6-3-14(4-7-16)5-8-17(20)19-11-9-15(10-12-19)18(21)23-2/h3-8,15H,9-13H2,1-2H3/b8-5+. The lowest BCUT2D eigenvalue weighted by atomic mass is 9.97. The van der Waals surface area contributed by atoms with E-state index in [9.17, 15) is 9.59 Å². The van der Waals surface area contributed by atoms with Crippen LogP contribution < -0.4 is 4.74 Å². The highest BCUT2D eigenvalue weighted by atomic mass is 16.7. The van der Waals surface area contributed by atoms with Gasteiger partial charge in [-0.3, -0.25) is 9.59 Å². The van der Waals surface area contributed by atoms with Crippen LogP contribution in [0.5, 0.6) is 5.75 Å². The summed E-state index contributed by atoms with van der Waals surface area (Å²) < 4.78 is 14.9. The van der Waals surface area contributed by atoms with Crippen molar-refractivity contribution in [3.63, 3.8) is 0 Å². The van der Waals surface area contributed by atoms with Crippen LogP contribution in [0.25, 0.3) is 6.08 Å². The Labute approximate surface area is 142 Å². The lowest BCUT2D eigenvalue weighted by Crippen LogP contribution is -2.39. The lowest BCUT2D eigenvalue weighted by Gasteiger charge is -2.29. The molecular weight excluding hydrogens is 310 g/mol. The smallest absolute Gasteiger partial charge is 0.308 e. The van der Waals surface area contributed by atoms with Crippen molar-refractivity contribution in [2.45, 2.75) is 12.8 Å². The molecule has 1 heterocycles. The van der Waals surface area contributed by atoms with Crippen molar-refractivity contribution in [3.05, 3.63) is 35.9 Å². The van der Waals surface area contributed by atoms with Crippen LogP contribution in [0, 0.1) is 5.92 Å². The minimum absolute atomic E-state index is 0.0435. The Bertz CT molecular complexity index is 574. The maximum Gasteiger partial charge on any atom is 0.308 e. The van der Waals surface area contributed by atoms with Gasteiger partial charge in [-0.05, 0) is 36.6 Å². The van der Waals surface area contributed by atoms with Crippen LogP contribution in [0.2, 0.25) is 0 Å². The number of likely N-dealkylation sites (tertiary alicyclic amines) is 1. The van der Waals surface area contributed by atoms with Gasteiger partial charge in [0.05, 0.1) is 13.0 Å². The third-order valence-electron chi connectivity index (χ3n) is 3.98. The summed E-state index contributed by atoms with van der Waals surface area (Å²) in [4.78, 5) is 25.5.